The molecule has 2 atom stereocenters. The number of unbranched alkanes of at least 4 members (excludes halogenated alkanes) is 5. The summed E-state index contributed by atoms with van der Waals surface area (Å²) in [6, 6.07) is 0. The molecule has 0 rings (SSSR count). The zero-order chi connectivity index (χ0) is 9.94. The molecule has 15 heavy (non-hydrogen) atoms. The maximum Gasteiger partial charge on any atom is 0.0540 e. The van der Waals surface area contributed by atoms with Gasteiger partial charge < -0.3 is 5.11 Å². The van der Waals surface area contributed by atoms with Crippen molar-refractivity contribution in [2.45, 2.75) is 77.7 Å². The largest absolute Gasteiger partial charge is 0.393 e. The first-order valence-electron chi connectivity index (χ1n) is 5.99. The van der Waals surface area contributed by atoms with Crippen LogP contribution >= 0.6 is 23.4 Å². The van der Waals surface area contributed by atoms with Gasteiger partial charge in [0.2, 0.25) is 0 Å². The monoisotopic (exact) mass is 254 g/mol. The summed E-state index contributed by atoms with van der Waals surface area (Å²) in [5.74, 6) is 0. The van der Waals surface area contributed by atoms with Gasteiger partial charge in [-0.2, -0.15) is 23.4 Å². The Hall–Kier alpha value is 0.740. The number of hydrogen-bond donors (Lipinski definition) is 1. The van der Waals surface area contributed by atoms with Gasteiger partial charge in [-0.1, -0.05) is 58.8 Å². The molecule has 2 unspecified atom stereocenters. The first-order chi connectivity index (χ1) is 6.31. The molecule has 0 fully saturated rings. The predicted molar refractivity (Wildman–Crippen MR) is 80.4 cm³/mol. The predicted octanol–water partition coefficient (Wildman–Crippen LogP) is 4.07. The lowest BCUT2D eigenvalue weighted by atomic mass is 10.0. The van der Waals surface area contributed by atoms with Gasteiger partial charge in [-0.25, -0.2) is 0 Å². The molecule has 0 amide bonds. The Kier molecular flexibility index (Phi) is 24.1. The Morgan fingerprint density at radius 2 is 1.27 bits per heavy atom. The minimum absolute atomic E-state index is 0. The number of hydrogen-bond acceptors (Lipinski definition) is 1. The molecule has 0 spiro atoms. The van der Waals surface area contributed by atoms with Gasteiger partial charge in [-0.15, -0.1) is 0 Å². The van der Waals surface area contributed by atoms with E-state index < -0.39 is 0 Å². The number of aliphatic hydroxyl groups is 1. The van der Waals surface area contributed by atoms with Crippen LogP contribution < -0.4 is 0 Å². The maximum absolute atomic E-state index is 9.54. The van der Waals surface area contributed by atoms with Gasteiger partial charge in [0.1, 0.15) is 0 Å². The van der Waals surface area contributed by atoms with Gasteiger partial charge in [-0.3, -0.25) is 0 Å². The van der Waals surface area contributed by atoms with Gasteiger partial charge in [0.25, 0.3) is 0 Å². The third kappa shape index (κ3) is 17.4. The third-order valence-electron chi connectivity index (χ3n) is 2.53. The van der Waals surface area contributed by atoms with Gasteiger partial charge in [0.05, 0.1) is 6.10 Å². The quantitative estimate of drug-likeness (QED) is 0.486. The number of rotatable bonds is 9. The second-order valence-electron chi connectivity index (χ2n) is 4.00. The Bertz CT molecular complexity index is 102. The van der Waals surface area contributed by atoms with Crippen LogP contribution in [0.2, 0.25) is 0 Å². The molecule has 0 saturated heterocycles. The lowest BCUT2D eigenvalue weighted by Gasteiger charge is -2.08. The first kappa shape index (κ1) is 21.1. The Morgan fingerprint density at radius 1 is 0.800 bits per heavy atom. The summed E-state index contributed by atoms with van der Waals surface area (Å²) < 4.78 is 0. The van der Waals surface area contributed by atoms with Crippen molar-refractivity contribution in [1.29, 1.82) is 0 Å². The van der Waals surface area contributed by atoms with Crippen LogP contribution in [0.4, 0.5) is 0 Å². The van der Waals surface area contributed by atoms with E-state index in [0.717, 1.165) is 12.8 Å². The highest BCUT2D eigenvalue weighted by molar-refractivity contribution is 7.59. The molecule has 0 aromatic heterocycles. The van der Waals surface area contributed by atoms with Crippen molar-refractivity contribution < 1.29 is 5.11 Å². The molecule has 96 valence electrons. The van der Waals surface area contributed by atoms with Gasteiger partial charge in [0, 0.05) is 0 Å². The van der Waals surface area contributed by atoms with E-state index in [9.17, 15) is 5.11 Å². The molecule has 0 radical (unpaired) electrons. The fourth-order valence-corrected chi connectivity index (χ4v) is 1.57. The topological polar surface area (TPSA) is 20.2 Å². The average molecular weight is 254 g/mol. The molecule has 3 heteroatoms. The van der Waals surface area contributed by atoms with Crippen molar-refractivity contribution in [3.05, 3.63) is 0 Å². The first-order valence-corrected chi connectivity index (χ1v) is 5.99. The molecular weight excluding hydrogens is 223 g/mol. The van der Waals surface area contributed by atoms with E-state index >= 15 is 0 Å². The van der Waals surface area contributed by atoms with E-state index in [0.29, 0.717) is 0 Å². The summed E-state index contributed by atoms with van der Waals surface area (Å²) in [5.41, 5.74) is 0. The molecule has 0 aliphatic heterocycles. The lowest BCUT2D eigenvalue weighted by molar-refractivity contribution is 0.148. The maximum atomic E-state index is 9.54. The summed E-state index contributed by atoms with van der Waals surface area (Å²) in [5, 5.41) is 9.54. The van der Waals surface area contributed by atoms with Crippen LogP contribution in [0.1, 0.15) is 71.6 Å². The van der Waals surface area contributed by atoms with Crippen LogP contribution in [-0.2, 0) is 0 Å². The molecule has 0 bridgehead atoms. The summed E-state index contributed by atoms with van der Waals surface area (Å²) in [4.78, 5) is 0. The summed E-state index contributed by atoms with van der Waals surface area (Å²) in [6.45, 7) is 4.41. The normalized spacial score (nSPS) is 11.4. The molecule has 0 aromatic carbocycles. The smallest absolute Gasteiger partial charge is 0.0540 e. The SMILES string of the molecule is CCCCCCCC(O)CCCC.P.S. The molecule has 0 aliphatic carbocycles. The van der Waals surface area contributed by atoms with Crippen LogP contribution in [0.15, 0.2) is 0 Å². The fourth-order valence-electron chi connectivity index (χ4n) is 1.57. The zero-order valence-corrected chi connectivity index (χ0v) is 13.0. The molecule has 0 saturated carbocycles. The number of aliphatic hydroxyl groups excluding tert-OH is 1. The van der Waals surface area contributed by atoms with Crippen molar-refractivity contribution in [3.63, 3.8) is 0 Å². The Balaban J connectivity index is -0.000000720. The minimum atomic E-state index is -0.0263. The lowest BCUT2D eigenvalue weighted by Crippen LogP contribution is -2.05. The third-order valence-corrected chi connectivity index (χ3v) is 2.53. The highest BCUT2D eigenvalue weighted by Gasteiger charge is 2.01. The Morgan fingerprint density at radius 3 is 1.80 bits per heavy atom. The molecular formula is C12H31OPS. The summed E-state index contributed by atoms with van der Waals surface area (Å²) in [6.07, 6.45) is 10.9. The van der Waals surface area contributed by atoms with Gasteiger partial charge >= 0.3 is 0 Å². The molecule has 1 N–H and O–H groups in total. The second-order valence-corrected chi connectivity index (χ2v) is 4.00. The van der Waals surface area contributed by atoms with Crippen molar-refractivity contribution in [2.75, 3.05) is 0 Å². The van der Waals surface area contributed by atoms with E-state index in [1.807, 2.05) is 0 Å². The van der Waals surface area contributed by atoms with Gasteiger partial charge in [0.15, 0.2) is 0 Å². The van der Waals surface area contributed by atoms with Crippen molar-refractivity contribution in [2.24, 2.45) is 0 Å². The van der Waals surface area contributed by atoms with E-state index in [1.165, 1.54) is 44.9 Å². The van der Waals surface area contributed by atoms with Crippen LogP contribution in [0.3, 0.4) is 0 Å². The fraction of sp³-hybridized carbons (Fsp3) is 1.00. The molecule has 1 nitrogen and oxygen atoms in total. The van der Waals surface area contributed by atoms with Crippen molar-refractivity contribution in [3.8, 4) is 0 Å². The molecule has 0 heterocycles. The van der Waals surface area contributed by atoms with Crippen LogP contribution in [0.25, 0.3) is 0 Å². The van der Waals surface area contributed by atoms with E-state index in [2.05, 4.69) is 13.8 Å². The van der Waals surface area contributed by atoms with Crippen LogP contribution in [0.5, 0.6) is 0 Å². The second kappa shape index (κ2) is 17.1. The van der Waals surface area contributed by atoms with E-state index in [-0.39, 0.29) is 29.5 Å². The van der Waals surface area contributed by atoms with Crippen molar-refractivity contribution >= 4 is 23.4 Å². The van der Waals surface area contributed by atoms with Crippen LogP contribution in [-0.4, -0.2) is 11.2 Å². The van der Waals surface area contributed by atoms with Crippen LogP contribution in [0, 0.1) is 0 Å². The van der Waals surface area contributed by atoms with Gasteiger partial charge in [-0.05, 0) is 12.8 Å². The standard InChI is InChI=1S/C12H26O.H3P.H2S/c1-3-5-7-8-9-11-12(13)10-6-4-2;;/h12-13H,3-11H2,1-2H3;1H3;1H2. The zero-order valence-electron chi connectivity index (χ0n) is 10.6. The van der Waals surface area contributed by atoms with E-state index in [4.69, 9.17) is 0 Å². The summed E-state index contributed by atoms with van der Waals surface area (Å²) >= 11 is 0. The summed E-state index contributed by atoms with van der Waals surface area (Å²) in [7, 11) is 0. The molecule has 0 aliphatic rings. The van der Waals surface area contributed by atoms with Crippen molar-refractivity contribution in [1.82, 2.24) is 0 Å². The van der Waals surface area contributed by atoms with E-state index in [1.54, 1.807) is 0 Å². The highest BCUT2D eigenvalue weighted by atomic mass is 32.1. The minimum Gasteiger partial charge on any atom is -0.393 e. The molecule has 0 aromatic rings. The highest BCUT2D eigenvalue weighted by Crippen LogP contribution is 2.10. The Labute approximate surface area is 106 Å². The average Bonchev–Trinajstić information content (AvgIpc) is 2.14.